The Morgan fingerprint density at radius 2 is 1.50 bits per heavy atom. The zero-order valence-corrected chi connectivity index (χ0v) is 18.7. The maximum absolute atomic E-state index is 12.6. The first-order valence-electron chi connectivity index (χ1n) is 10.7. The Balaban J connectivity index is 1.31. The maximum Gasteiger partial charge on any atom is 0.209 e. The molecule has 6 aromatic rings. The standard InChI is InChI=1S/C26H18N6OS/c33-24-14-16-32(30-25(24)23-13-15-31(29-23)18-7-2-1-3-8-18)19-9-6-10-20(17-19)34-26-27-21-11-4-5-12-22(21)28-26/h1-17H,(H,27,28). The van der Waals surface area contributed by atoms with Crippen LogP contribution in [0, 0.1) is 0 Å². The summed E-state index contributed by atoms with van der Waals surface area (Å²) < 4.78 is 3.43. The summed E-state index contributed by atoms with van der Waals surface area (Å²) in [5.41, 5.74) is 4.33. The molecule has 0 aliphatic heterocycles. The van der Waals surface area contributed by atoms with Crippen LogP contribution < -0.4 is 5.43 Å². The fourth-order valence-electron chi connectivity index (χ4n) is 3.68. The van der Waals surface area contributed by atoms with Gasteiger partial charge >= 0.3 is 0 Å². The summed E-state index contributed by atoms with van der Waals surface area (Å²) in [4.78, 5) is 21.6. The molecule has 0 aliphatic carbocycles. The van der Waals surface area contributed by atoms with E-state index in [1.54, 1.807) is 33.4 Å². The van der Waals surface area contributed by atoms with E-state index in [0.717, 1.165) is 32.5 Å². The van der Waals surface area contributed by atoms with Crippen molar-refractivity contribution < 1.29 is 0 Å². The molecule has 3 aromatic carbocycles. The van der Waals surface area contributed by atoms with Crippen molar-refractivity contribution in [3.63, 3.8) is 0 Å². The third-order valence-corrected chi connectivity index (χ3v) is 6.20. The van der Waals surface area contributed by atoms with Gasteiger partial charge in [-0.2, -0.15) is 10.2 Å². The second kappa shape index (κ2) is 8.49. The lowest BCUT2D eigenvalue weighted by Crippen LogP contribution is -2.13. The molecule has 0 fully saturated rings. The summed E-state index contributed by atoms with van der Waals surface area (Å²) >= 11 is 1.54. The van der Waals surface area contributed by atoms with E-state index in [9.17, 15) is 4.79 Å². The van der Waals surface area contributed by atoms with E-state index in [1.807, 2.05) is 85.1 Å². The lowest BCUT2D eigenvalue weighted by molar-refractivity contribution is 0.828. The van der Waals surface area contributed by atoms with Crippen molar-refractivity contribution >= 4 is 22.8 Å². The Morgan fingerprint density at radius 1 is 0.735 bits per heavy atom. The van der Waals surface area contributed by atoms with Crippen LogP contribution >= 0.6 is 11.8 Å². The monoisotopic (exact) mass is 462 g/mol. The molecule has 0 radical (unpaired) electrons. The maximum atomic E-state index is 12.6. The fraction of sp³-hybridized carbons (Fsp3) is 0. The summed E-state index contributed by atoms with van der Waals surface area (Å²) in [5, 5.41) is 9.98. The molecule has 3 aromatic heterocycles. The lowest BCUT2D eigenvalue weighted by atomic mass is 10.3. The summed E-state index contributed by atoms with van der Waals surface area (Å²) in [6, 6.07) is 29.0. The summed E-state index contributed by atoms with van der Waals surface area (Å²) in [5.74, 6) is 0. The van der Waals surface area contributed by atoms with Gasteiger partial charge in [0.05, 0.1) is 22.4 Å². The fourth-order valence-corrected chi connectivity index (χ4v) is 4.54. The highest BCUT2D eigenvalue weighted by Gasteiger charge is 2.12. The lowest BCUT2D eigenvalue weighted by Gasteiger charge is -2.08. The molecule has 0 saturated heterocycles. The van der Waals surface area contributed by atoms with Crippen molar-refractivity contribution in [2.75, 3.05) is 0 Å². The second-order valence-corrected chi connectivity index (χ2v) is 8.68. The zero-order valence-electron chi connectivity index (χ0n) is 17.9. The Kier molecular flexibility index (Phi) is 5.04. The smallest absolute Gasteiger partial charge is 0.209 e. The number of hydrogen-bond donors (Lipinski definition) is 1. The molecular weight excluding hydrogens is 444 g/mol. The van der Waals surface area contributed by atoms with Crippen LogP contribution in [0.2, 0.25) is 0 Å². The molecule has 0 spiro atoms. The molecule has 7 nitrogen and oxygen atoms in total. The summed E-state index contributed by atoms with van der Waals surface area (Å²) in [6.45, 7) is 0. The number of hydrogen-bond acceptors (Lipinski definition) is 5. The average Bonchev–Trinajstić information content (AvgIpc) is 3.52. The number of aromatic nitrogens is 6. The van der Waals surface area contributed by atoms with Gasteiger partial charge in [-0.25, -0.2) is 14.3 Å². The first kappa shape index (κ1) is 20.2. The number of nitrogens with one attached hydrogen (secondary N) is 1. The molecule has 34 heavy (non-hydrogen) atoms. The van der Waals surface area contributed by atoms with Crippen molar-refractivity contribution in [3.8, 4) is 22.8 Å². The molecule has 0 atom stereocenters. The van der Waals surface area contributed by atoms with Crippen LogP contribution in [-0.4, -0.2) is 29.5 Å². The Labute approximate surface area is 198 Å². The van der Waals surface area contributed by atoms with Gasteiger partial charge in [-0.1, -0.05) is 48.2 Å². The number of imidazole rings is 1. The van der Waals surface area contributed by atoms with Crippen molar-refractivity contribution in [2.24, 2.45) is 0 Å². The van der Waals surface area contributed by atoms with Gasteiger partial charge in [0.15, 0.2) is 10.9 Å². The van der Waals surface area contributed by atoms with Crippen LogP contribution in [0.5, 0.6) is 0 Å². The minimum atomic E-state index is -0.178. The highest BCUT2D eigenvalue weighted by molar-refractivity contribution is 7.99. The van der Waals surface area contributed by atoms with Crippen LogP contribution in [-0.2, 0) is 0 Å². The zero-order chi connectivity index (χ0) is 22.9. The van der Waals surface area contributed by atoms with Crippen LogP contribution in [0.1, 0.15) is 0 Å². The van der Waals surface area contributed by atoms with Crippen LogP contribution in [0.15, 0.2) is 118 Å². The molecule has 0 bridgehead atoms. The Bertz CT molecular complexity index is 1630. The number of benzene rings is 3. The van der Waals surface area contributed by atoms with Crippen molar-refractivity contribution in [1.29, 1.82) is 0 Å². The first-order valence-corrected chi connectivity index (χ1v) is 11.5. The van der Waals surface area contributed by atoms with Crippen LogP contribution in [0.4, 0.5) is 0 Å². The van der Waals surface area contributed by atoms with Gasteiger partial charge in [0, 0.05) is 23.4 Å². The molecule has 8 heteroatoms. The average molecular weight is 463 g/mol. The van der Waals surface area contributed by atoms with Crippen molar-refractivity contribution in [1.82, 2.24) is 29.5 Å². The van der Waals surface area contributed by atoms with E-state index >= 15 is 0 Å². The van der Waals surface area contributed by atoms with Gasteiger partial charge in [-0.3, -0.25) is 4.79 Å². The molecular formula is C26H18N6OS. The van der Waals surface area contributed by atoms with Crippen LogP contribution in [0.25, 0.3) is 33.8 Å². The molecule has 6 rings (SSSR count). The summed E-state index contributed by atoms with van der Waals surface area (Å²) in [7, 11) is 0. The van der Waals surface area contributed by atoms with Gasteiger partial charge in [0.25, 0.3) is 0 Å². The number of H-pyrrole nitrogens is 1. The minimum absolute atomic E-state index is 0.178. The van der Waals surface area contributed by atoms with E-state index in [-0.39, 0.29) is 5.43 Å². The molecule has 0 unspecified atom stereocenters. The third-order valence-electron chi connectivity index (χ3n) is 5.33. The van der Waals surface area contributed by atoms with E-state index in [4.69, 9.17) is 0 Å². The highest BCUT2D eigenvalue weighted by atomic mass is 32.2. The Hall–Kier alpha value is -4.43. The predicted molar refractivity (Wildman–Crippen MR) is 133 cm³/mol. The third kappa shape index (κ3) is 3.91. The number of nitrogens with zero attached hydrogens (tertiary/aromatic N) is 5. The molecule has 164 valence electrons. The van der Waals surface area contributed by atoms with Gasteiger partial charge in [0.1, 0.15) is 5.69 Å². The predicted octanol–water partition coefficient (Wildman–Crippen LogP) is 5.11. The number of fused-ring (bicyclic) bond motifs is 1. The Morgan fingerprint density at radius 3 is 2.38 bits per heavy atom. The van der Waals surface area contributed by atoms with Gasteiger partial charge < -0.3 is 4.98 Å². The molecule has 1 N–H and O–H groups in total. The summed E-state index contributed by atoms with van der Waals surface area (Å²) in [6.07, 6.45) is 3.50. The van der Waals surface area contributed by atoms with Gasteiger partial charge in [-0.05, 0) is 48.5 Å². The first-order chi connectivity index (χ1) is 16.7. The number of rotatable bonds is 5. The van der Waals surface area contributed by atoms with E-state index in [0.29, 0.717) is 11.4 Å². The van der Waals surface area contributed by atoms with Crippen LogP contribution in [0.3, 0.4) is 0 Å². The molecule has 0 aliphatic rings. The SMILES string of the molecule is O=c1ccn(-c2cccc(Sc3nc4ccccc4[nH]3)c2)nc1-c1ccn(-c2ccccc2)n1. The minimum Gasteiger partial charge on any atom is -0.333 e. The van der Waals surface area contributed by atoms with Crippen molar-refractivity contribution in [3.05, 3.63) is 114 Å². The molecule has 0 amide bonds. The quantitative estimate of drug-likeness (QED) is 0.385. The molecule has 0 saturated carbocycles. The van der Waals surface area contributed by atoms with E-state index in [1.165, 1.54) is 6.07 Å². The van der Waals surface area contributed by atoms with Gasteiger partial charge in [0.2, 0.25) is 5.43 Å². The number of aromatic amines is 1. The second-order valence-electron chi connectivity index (χ2n) is 7.61. The van der Waals surface area contributed by atoms with E-state index < -0.39 is 0 Å². The normalized spacial score (nSPS) is 11.2. The van der Waals surface area contributed by atoms with Gasteiger partial charge in [-0.15, -0.1) is 0 Å². The van der Waals surface area contributed by atoms with Crippen molar-refractivity contribution in [2.45, 2.75) is 10.1 Å². The largest absolute Gasteiger partial charge is 0.333 e. The molecule has 3 heterocycles. The topological polar surface area (TPSA) is 81.4 Å². The highest BCUT2D eigenvalue weighted by Crippen LogP contribution is 2.28. The van der Waals surface area contributed by atoms with E-state index in [2.05, 4.69) is 20.2 Å². The number of para-hydroxylation sites is 3.